The number of benzene rings is 1. The first-order valence-corrected chi connectivity index (χ1v) is 6.21. The van der Waals surface area contributed by atoms with Crippen molar-refractivity contribution in [2.45, 2.75) is 32.5 Å². The number of nitrogens with one attached hydrogen (secondary N) is 1. The van der Waals surface area contributed by atoms with E-state index in [0.717, 1.165) is 12.1 Å². The van der Waals surface area contributed by atoms with Crippen molar-refractivity contribution in [2.75, 3.05) is 5.73 Å². The van der Waals surface area contributed by atoms with Gasteiger partial charge in [0, 0.05) is 10.9 Å². The normalized spacial score (nSPS) is 12.7. The molecule has 0 aliphatic carbocycles. The highest BCUT2D eigenvalue weighted by atomic mass is 19.4. The molecule has 0 fully saturated rings. The van der Waals surface area contributed by atoms with Crippen molar-refractivity contribution in [3.8, 4) is 0 Å². The number of hydrogen-bond acceptors (Lipinski definition) is 3. The fraction of sp³-hybridized carbons (Fsp3) is 0.357. The molecule has 0 atom stereocenters. The van der Waals surface area contributed by atoms with Crippen molar-refractivity contribution in [3.63, 3.8) is 0 Å². The van der Waals surface area contributed by atoms with E-state index in [1.54, 1.807) is 20.8 Å². The van der Waals surface area contributed by atoms with E-state index in [4.69, 9.17) is 10.5 Å². The lowest BCUT2D eigenvalue weighted by molar-refractivity contribution is -0.137. The molecular formula is C14H15F3N2O2. The fourth-order valence-corrected chi connectivity index (χ4v) is 1.94. The zero-order valence-corrected chi connectivity index (χ0v) is 11.8. The number of ether oxygens (including phenoxy) is 1. The van der Waals surface area contributed by atoms with Crippen LogP contribution in [0.4, 0.5) is 19.0 Å². The van der Waals surface area contributed by atoms with Crippen molar-refractivity contribution in [1.82, 2.24) is 4.98 Å². The summed E-state index contributed by atoms with van der Waals surface area (Å²) in [5.41, 5.74) is 4.35. The highest BCUT2D eigenvalue weighted by molar-refractivity contribution is 6.09. The SMILES string of the molecule is CC(C)(C)OC(=O)c1c(N)[nH]c2cc(C(F)(F)F)ccc12. The maximum absolute atomic E-state index is 12.7. The average molecular weight is 300 g/mol. The largest absolute Gasteiger partial charge is 0.456 e. The maximum Gasteiger partial charge on any atom is 0.416 e. The molecular weight excluding hydrogens is 285 g/mol. The van der Waals surface area contributed by atoms with Gasteiger partial charge >= 0.3 is 12.1 Å². The lowest BCUT2D eigenvalue weighted by Gasteiger charge is -2.19. The standard InChI is InChI=1S/C14H15F3N2O2/c1-13(2,3)21-12(20)10-8-5-4-7(14(15,16)17)6-9(8)19-11(10)18/h4-6,19H,18H2,1-3H3. The van der Waals surface area contributed by atoms with Gasteiger partial charge in [0.05, 0.1) is 5.56 Å². The Kier molecular flexibility index (Phi) is 3.39. The van der Waals surface area contributed by atoms with Gasteiger partial charge < -0.3 is 15.5 Å². The number of alkyl halides is 3. The van der Waals surface area contributed by atoms with Crippen LogP contribution in [0.25, 0.3) is 10.9 Å². The van der Waals surface area contributed by atoms with Crippen LogP contribution in [-0.4, -0.2) is 16.6 Å². The van der Waals surface area contributed by atoms with Crippen LogP contribution in [0, 0.1) is 0 Å². The van der Waals surface area contributed by atoms with Crippen molar-refractivity contribution < 1.29 is 22.7 Å². The van der Waals surface area contributed by atoms with Gasteiger partial charge in [-0.05, 0) is 32.9 Å². The molecule has 21 heavy (non-hydrogen) atoms. The first kappa shape index (κ1) is 15.2. The number of carbonyl (C=O) groups excluding carboxylic acids is 1. The van der Waals surface area contributed by atoms with Gasteiger partial charge in [0.25, 0.3) is 0 Å². The lowest BCUT2D eigenvalue weighted by Crippen LogP contribution is -2.24. The predicted octanol–water partition coefficient (Wildman–Crippen LogP) is 3.72. The molecule has 0 spiro atoms. The fourth-order valence-electron chi connectivity index (χ4n) is 1.94. The van der Waals surface area contributed by atoms with Gasteiger partial charge in [-0.15, -0.1) is 0 Å². The molecule has 0 unspecified atom stereocenters. The number of rotatable bonds is 1. The topological polar surface area (TPSA) is 68.1 Å². The second kappa shape index (κ2) is 4.68. The minimum absolute atomic E-state index is 0.0152. The van der Waals surface area contributed by atoms with E-state index in [-0.39, 0.29) is 16.9 Å². The van der Waals surface area contributed by atoms with Gasteiger partial charge in [0.1, 0.15) is 17.0 Å². The number of nitrogens with two attached hydrogens (primary N) is 1. The maximum atomic E-state index is 12.7. The molecule has 3 N–H and O–H groups in total. The smallest absolute Gasteiger partial charge is 0.416 e. The molecule has 1 aromatic carbocycles. The summed E-state index contributed by atoms with van der Waals surface area (Å²) >= 11 is 0. The van der Waals surface area contributed by atoms with Crippen LogP contribution in [0.5, 0.6) is 0 Å². The first-order chi connectivity index (χ1) is 9.49. The Morgan fingerprint density at radius 2 is 1.86 bits per heavy atom. The van der Waals surface area contributed by atoms with E-state index in [1.807, 2.05) is 0 Å². The van der Waals surface area contributed by atoms with Crippen molar-refractivity contribution in [1.29, 1.82) is 0 Å². The third kappa shape index (κ3) is 3.12. The van der Waals surface area contributed by atoms with Crippen LogP contribution in [0.15, 0.2) is 18.2 Å². The number of carbonyl (C=O) groups is 1. The number of nitrogen functional groups attached to an aromatic ring is 1. The molecule has 2 rings (SSSR count). The van der Waals surface area contributed by atoms with E-state index in [2.05, 4.69) is 4.98 Å². The summed E-state index contributed by atoms with van der Waals surface area (Å²) in [5, 5.41) is 0.301. The number of hydrogen-bond donors (Lipinski definition) is 2. The zero-order valence-electron chi connectivity index (χ0n) is 11.8. The van der Waals surface area contributed by atoms with Gasteiger partial charge in [-0.3, -0.25) is 0 Å². The molecule has 0 saturated heterocycles. The Morgan fingerprint density at radius 3 is 2.38 bits per heavy atom. The second-order valence-electron chi connectivity index (χ2n) is 5.67. The Bertz CT molecular complexity index is 697. The molecule has 0 amide bonds. The summed E-state index contributed by atoms with van der Waals surface area (Å²) in [5.74, 6) is -0.690. The number of fused-ring (bicyclic) bond motifs is 1. The number of aromatic amines is 1. The van der Waals surface area contributed by atoms with Crippen molar-refractivity contribution >= 4 is 22.7 Å². The Labute approximate surface area is 119 Å². The Morgan fingerprint density at radius 1 is 1.24 bits per heavy atom. The van der Waals surface area contributed by atoms with Gasteiger partial charge in [0.15, 0.2) is 0 Å². The van der Waals surface area contributed by atoms with E-state index < -0.39 is 23.3 Å². The number of halogens is 3. The van der Waals surface area contributed by atoms with Gasteiger partial charge in [-0.2, -0.15) is 13.2 Å². The van der Waals surface area contributed by atoms with Gasteiger partial charge in [-0.1, -0.05) is 6.07 Å². The summed E-state index contributed by atoms with van der Waals surface area (Å²) in [6.45, 7) is 5.08. The summed E-state index contributed by atoms with van der Waals surface area (Å²) < 4.78 is 43.2. The Balaban J connectivity index is 2.52. The molecule has 1 aromatic heterocycles. The monoisotopic (exact) mass is 300 g/mol. The number of anilines is 1. The molecule has 1 heterocycles. The third-order valence-electron chi connectivity index (χ3n) is 2.76. The Hall–Kier alpha value is -2.18. The minimum atomic E-state index is -4.46. The van der Waals surface area contributed by atoms with E-state index in [1.165, 1.54) is 6.07 Å². The molecule has 0 bridgehead atoms. The highest BCUT2D eigenvalue weighted by Gasteiger charge is 2.31. The molecule has 0 saturated carbocycles. The number of H-pyrrole nitrogens is 1. The third-order valence-corrected chi connectivity index (χ3v) is 2.76. The highest BCUT2D eigenvalue weighted by Crippen LogP contribution is 2.34. The van der Waals surface area contributed by atoms with Gasteiger partial charge in [0.2, 0.25) is 0 Å². The minimum Gasteiger partial charge on any atom is -0.456 e. The molecule has 114 valence electrons. The number of esters is 1. The molecule has 2 aromatic rings. The van der Waals surface area contributed by atoms with Crippen LogP contribution in [0.3, 0.4) is 0 Å². The van der Waals surface area contributed by atoms with Crippen molar-refractivity contribution in [2.24, 2.45) is 0 Å². The summed E-state index contributed by atoms with van der Waals surface area (Å²) in [4.78, 5) is 14.7. The summed E-state index contributed by atoms with van der Waals surface area (Å²) in [6, 6.07) is 3.04. The lowest BCUT2D eigenvalue weighted by atomic mass is 10.1. The van der Waals surface area contributed by atoms with Crippen LogP contribution in [0.2, 0.25) is 0 Å². The quantitative estimate of drug-likeness (QED) is 0.789. The van der Waals surface area contributed by atoms with Crippen molar-refractivity contribution in [3.05, 3.63) is 29.3 Å². The molecule has 0 aliphatic heterocycles. The van der Waals surface area contributed by atoms with Crippen LogP contribution in [0.1, 0.15) is 36.7 Å². The van der Waals surface area contributed by atoms with Gasteiger partial charge in [-0.25, -0.2) is 4.79 Å². The summed E-state index contributed by atoms with van der Waals surface area (Å²) in [7, 11) is 0. The molecule has 0 aliphatic rings. The predicted molar refractivity (Wildman–Crippen MR) is 72.9 cm³/mol. The van der Waals surface area contributed by atoms with Crippen LogP contribution >= 0.6 is 0 Å². The van der Waals surface area contributed by atoms with E-state index in [9.17, 15) is 18.0 Å². The number of aromatic nitrogens is 1. The first-order valence-electron chi connectivity index (χ1n) is 6.21. The molecule has 0 radical (unpaired) electrons. The second-order valence-corrected chi connectivity index (χ2v) is 5.67. The van der Waals surface area contributed by atoms with Crippen LogP contribution in [-0.2, 0) is 10.9 Å². The molecule has 4 nitrogen and oxygen atoms in total. The molecule has 7 heteroatoms. The van der Waals surface area contributed by atoms with E-state index >= 15 is 0 Å². The van der Waals surface area contributed by atoms with Crippen LogP contribution < -0.4 is 5.73 Å². The van der Waals surface area contributed by atoms with E-state index in [0.29, 0.717) is 5.39 Å². The average Bonchev–Trinajstić information content (AvgIpc) is 2.59. The zero-order chi connectivity index (χ0) is 16.0. The summed E-state index contributed by atoms with van der Waals surface area (Å²) in [6.07, 6.45) is -4.46.